The highest BCUT2D eigenvalue weighted by Gasteiger charge is 1.79. The largest absolute Gasteiger partial charge is 0.471 e. The van der Waals surface area contributed by atoms with Crippen molar-refractivity contribution in [3.8, 4) is 0 Å². The molecule has 1 nitrogen and oxygen atoms in total. The molecule has 6 heavy (non-hydrogen) atoms. The Morgan fingerprint density at radius 2 is 2.67 bits per heavy atom. The maximum atomic E-state index is 4.65. The van der Waals surface area contributed by atoms with E-state index in [0.29, 0.717) is 0 Å². The van der Waals surface area contributed by atoms with Crippen LogP contribution in [-0.2, 0) is 0 Å². The Morgan fingerprint density at radius 3 is 2.83 bits per heavy atom. The van der Waals surface area contributed by atoms with E-state index in [1.807, 2.05) is 0 Å². The number of furan rings is 1. The minimum absolute atomic E-state index is 1.02. The van der Waals surface area contributed by atoms with Gasteiger partial charge in [-0.2, -0.15) is 0 Å². The molecule has 0 aliphatic rings. The molecule has 0 N–H and O–H groups in total. The van der Waals surface area contributed by atoms with Crippen LogP contribution in [0, 0.1) is 9.64 Å². The van der Waals surface area contributed by atoms with E-state index < -0.39 is 0 Å². The zero-order valence-corrected chi connectivity index (χ0v) is 5.10. The summed E-state index contributed by atoms with van der Waals surface area (Å²) in [4.78, 5) is 0. The maximum absolute atomic E-state index is 4.65. The third-order valence-electron chi connectivity index (χ3n) is 0.436. The van der Waals surface area contributed by atoms with Gasteiger partial charge in [-0.05, 0) is 22.6 Å². The van der Waals surface area contributed by atoms with Crippen LogP contribution in [0.4, 0.5) is 0 Å². The Kier molecular flexibility index (Phi) is 1.14. The van der Waals surface area contributed by atoms with E-state index in [0.717, 1.165) is 3.57 Å². The highest BCUT2D eigenvalue weighted by atomic mass is 127. The molecule has 31 valence electrons. The van der Waals surface area contributed by atoms with Crippen LogP contribution >= 0.6 is 22.6 Å². The van der Waals surface area contributed by atoms with Crippen molar-refractivity contribution in [2.75, 3.05) is 0 Å². The first-order valence-corrected chi connectivity index (χ1v) is 2.57. The van der Waals surface area contributed by atoms with Gasteiger partial charge in [0.2, 0.25) is 0 Å². The summed E-state index contributed by atoms with van der Waals surface area (Å²) < 4.78 is 5.67. The van der Waals surface area contributed by atoms with Crippen molar-refractivity contribution in [2.45, 2.75) is 0 Å². The van der Waals surface area contributed by atoms with Crippen LogP contribution in [0.2, 0.25) is 0 Å². The second kappa shape index (κ2) is 1.64. The van der Waals surface area contributed by atoms with Crippen LogP contribution in [0.25, 0.3) is 0 Å². The molecule has 2 heteroatoms. The number of rotatable bonds is 0. The second-order valence-electron chi connectivity index (χ2n) is 0.864. The monoisotopic (exact) mass is 193 g/mol. The van der Waals surface area contributed by atoms with Gasteiger partial charge in [0.15, 0.2) is 0 Å². The van der Waals surface area contributed by atoms with E-state index in [1.54, 1.807) is 6.26 Å². The molecule has 0 aromatic carbocycles. The van der Waals surface area contributed by atoms with Gasteiger partial charge in [0.1, 0.15) is 6.26 Å². The van der Waals surface area contributed by atoms with E-state index in [-0.39, 0.29) is 0 Å². The van der Waals surface area contributed by atoms with Crippen molar-refractivity contribution >= 4 is 22.6 Å². The Hall–Kier alpha value is 0.01000. The lowest BCUT2D eigenvalue weighted by molar-refractivity contribution is 0.565. The van der Waals surface area contributed by atoms with Gasteiger partial charge < -0.3 is 4.42 Å². The van der Waals surface area contributed by atoms with E-state index >= 15 is 0 Å². The van der Waals surface area contributed by atoms with Gasteiger partial charge in [0.25, 0.3) is 0 Å². The number of halogens is 1. The molecule has 1 aromatic heterocycles. The Morgan fingerprint density at radius 1 is 1.83 bits per heavy atom. The van der Waals surface area contributed by atoms with Crippen molar-refractivity contribution in [1.82, 2.24) is 0 Å². The fraction of sp³-hybridized carbons (Fsp3) is 0. The van der Waals surface area contributed by atoms with Crippen molar-refractivity contribution in [3.05, 3.63) is 22.2 Å². The molecular formula is C4H2IO. The van der Waals surface area contributed by atoms with Crippen LogP contribution in [0.1, 0.15) is 0 Å². The molecule has 0 atom stereocenters. The summed E-state index contributed by atoms with van der Waals surface area (Å²) in [6, 6.07) is 2.82. The summed E-state index contributed by atoms with van der Waals surface area (Å²) in [7, 11) is 0. The first-order chi connectivity index (χ1) is 2.89. The smallest absolute Gasteiger partial charge is 0.104 e. The Balaban J connectivity index is 3.05. The van der Waals surface area contributed by atoms with Gasteiger partial charge in [0.05, 0.1) is 9.83 Å². The van der Waals surface area contributed by atoms with Crippen LogP contribution in [-0.4, -0.2) is 0 Å². The molecular weight excluding hydrogens is 191 g/mol. The standard InChI is InChI=1S/C4H2IO/c5-4-1-2-6-3-4/h2-3H. The van der Waals surface area contributed by atoms with Gasteiger partial charge in [0, 0.05) is 6.07 Å². The summed E-state index contributed by atoms with van der Waals surface area (Å²) in [6.45, 7) is 0. The predicted octanol–water partition coefficient (Wildman–Crippen LogP) is 1.68. The van der Waals surface area contributed by atoms with Crippen molar-refractivity contribution in [2.24, 2.45) is 0 Å². The average molecular weight is 193 g/mol. The zero-order valence-electron chi connectivity index (χ0n) is 2.94. The van der Waals surface area contributed by atoms with Crippen molar-refractivity contribution in [1.29, 1.82) is 0 Å². The molecule has 1 radical (unpaired) electrons. The summed E-state index contributed by atoms with van der Waals surface area (Å²) in [6.07, 6.45) is 3.17. The van der Waals surface area contributed by atoms with Gasteiger partial charge >= 0.3 is 0 Å². The lowest BCUT2D eigenvalue weighted by Gasteiger charge is -1.59. The summed E-state index contributed by atoms with van der Waals surface area (Å²) >= 11 is 2.13. The summed E-state index contributed by atoms with van der Waals surface area (Å²) in [5.41, 5.74) is 0. The fourth-order valence-corrected chi connectivity index (χ4v) is 0.492. The van der Waals surface area contributed by atoms with E-state index in [2.05, 4.69) is 33.1 Å². The van der Waals surface area contributed by atoms with Crippen LogP contribution < -0.4 is 0 Å². The molecule has 0 unspecified atom stereocenters. The average Bonchev–Trinajstić information content (AvgIpc) is 1.86. The molecule has 1 heterocycles. The van der Waals surface area contributed by atoms with Crippen molar-refractivity contribution in [3.63, 3.8) is 0 Å². The minimum atomic E-state index is 1.02. The van der Waals surface area contributed by atoms with Crippen LogP contribution in [0.3, 0.4) is 0 Å². The third-order valence-corrected chi connectivity index (χ3v) is 1.00. The Labute approximate surface area is 49.5 Å². The molecule has 0 aliphatic carbocycles. The molecule has 0 amide bonds. The SMILES string of the molecule is Ic1[c]coc1. The lowest BCUT2D eigenvalue weighted by atomic mass is 10.7. The summed E-state index contributed by atoms with van der Waals surface area (Å²) in [5, 5.41) is 0. The molecule has 0 saturated carbocycles. The maximum Gasteiger partial charge on any atom is 0.104 e. The number of hydrogen-bond acceptors (Lipinski definition) is 1. The fourth-order valence-electron chi connectivity index (χ4n) is 0.218. The normalized spacial score (nSPS) is 8.83. The molecule has 0 saturated heterocycles. The topological polar surface area (TPSA) is 13.1 Å². The molecule has 0 bridgehead atoms. The van der Waals surface area contributed by atoms with E-state index in [9.17, 15) is 0 Å². The highest BCUT2D eigenvalue weighted by molar-refractivity contribution is 14.1. The quantitative estimate of drug-likeness (QED) is 0.571. The lowest BCUT2D eigenvalue weighted by Crippen LogP contribution is -1.45. The first-order valence-electron chi connectivity index (χ1n) is 1.49. The first kappa shape index (κ1) is 4.18. The minimum Gasteiger partial charge on any atom is -0.471 e. The van der Waals surface area contributed by atoms with Gasteiger partial charge in [-0.1, -0.05) is 0 Å². The van der Waals surface area contributed by atoms with Crippen LogP contribution in [0.15, 0.2) is 16.9 Å². The third kappa shape index (κ3) is 0.739. The molecule has 0 aliphatic heterocycles. The molecule has 1 aromatic rings. The predicted molar refractivity (Wildman–Crippen MR) is 30.3 cm³/mol. The van der Waals surface area contributed by atoms with Crippen molar-refractivity contribution < 1.29 is 4.42 Å². The highest BCUT2D eigenvalue weighted by Crippen LogP contribution is 2.00. The van der Waals surface area contributed by atoms with E-state index in [1.165, 1.54) is 6.26 Å². The van der Waals surface area contributed by atoms with Gasteiger partial charge in [-0.15, -0.1) is 0 Å². The van der Waals surface area contributed by atoms with Crippen LogP contribution in [0.5, 0.6) is 0 Å². The Bertz CT molecular complexity index is 111. The van der Waals surface area contributed by atoms with E-state index in [4.69, 9.17) is 0 Å². The second-order valence-corrected chi connectivity index (χ2v) is 2.03. The molecule has 0 spiro atoms. The molecule has 1 rings (SSSR count). The zero-order chi connectivity index (χ0) is 4.41. The van der Waals surface area contributed by atoms with Gasteiger partial charge in [-0.3, -0.25) is 0 Å². The summed E-state index contributed by atoms with van der Waals surface area (Å²) in [5.74, 6) is 0. The van der Waals surface area contributed by atoms with Gasteiger partial charge in [-0.25, -0.2) is 0 Å². The number of hydrogen-bond donors (Lipinski definition) is 0. The molecule has 0 fully saturated rings.